The fourth-order valence-corrected chi connectivity index (χ4v) is 3.08. The van der Waals surface area contributed by atoms with Crippen LogP contribution in [0.1, 0.15) is 22.8 Å². The van der Waals surface area contributed by atoms with E-state index in [9.17, 15) is 4.79 Å². The number of fused-ring (bicyclic) bond motifs is 1. The molecule has 8 heteroatoms. The summed E-state index contributed by atoms with van der Waals surface area (Å²) in [6.45, 7) is 1.88. The first-order valence-corrected chi connectivity index (χ1v) is 6.65. The van der Waals surface area contributed by atoms with Crippen molar-refractivity contribution in [2.45, 2.75) is 12.2 Å². The Hall–Kier alpha value is 0.1000. The summed E-state index contributed by atoms with van der Waals surface area (Å²) in [6, 6.07) is 0. The molecule has 0 bridgehead atoms. The minimum absolute atomic E-state index is 0.00916. The number of alkyl halides is 1. The summed E-state index contributed by atoms with van der Waals surface area (Å²) < 4.78 is 10.1. The van der Waals surface area contributed by atoms with Crippen molar-refractivity contribution in [1.82, 2.24) is 0 Å². The Balaban J connectivity index is 2.79. The molecule has 0 saturated carbocycles. The second-order valence-electron chi connectivity index (χ2n) is 3.36. The van der Waals surface area contributed by atoms with Crippen molar-refractivity contribution in [3.05, 3.63) is 31.2 Å². The van der Waals surface area contributed by atoms with E-state index in [1.807, 2.05) is 0 Å². The molecule has 1 unspecified atom stereocenters. The molecule has 0 N–H and O–H groups in total. The Morgan fingerprint density at radius 1 is 1.11 bits per heavy atom. The zero-order chi connectivity index (χ0) is 13.7. The van der Waals surface area contributed by atoms with Crippen LogP contribution in [0.2, 0.25) is 20.1 Å². The lowest BCUT2D eigenvalue weighted by atomic mass is 10.1. The summed E-state index contributed by atoms with van der Waals surface area (Å²) >= 11 is 29.8. The molecule has 1 atom stereocenters. The van der Waals surface area contributed by atoms with E-state index in [1.54, 1.807) is 6.92 Å². The van der Waals surface area contributed by atoms with Gasteiger partial charge in [-0.1, -0.05) is 46.4 Å². The number of cyclic esters (lactones) is 1. The summed E-state index contributed by atoms with van der Waals surface area (Å²) in [7, 11) is 0. The van der Waals surface area contributed by atoms with Gasteiger partial charge in [0, 0.05) is 6.61 Å². The molecule has 1 aromatic carbocycles. The van der Waals surface area contributed by atoms with Crippen LogP contribution in [0.15, 0.2) is 0 Å². The number of hydrogen-bond donors (Lipinski definition) is 0. The lowest BCUT2D eigenvalue weighted by Crippen LogP contribution is -2.23. The molecule has 1 aromatic rings. The molecule has 1 heterocycles. The van der Waals surface area contributed by atoms with E-state index in [1.165, 1.54) is 0 Å². The predicted octanol–water partition coefficient (Wildman–Crippen LogP) is 4.86. The van der Waals surface area contributed by atoms with E-state index < -0.39 is 11.2 Å². The largest absolute Gasteiger partial charge is 0.410 e. The van der Waals surface area contributed by atoms with Gasteiger partial charge in [-0.05, 0) is 18.5 Å². The van der Waals surface area contributed by atoms with Gasteiger partial charge in [0.2, 0.25) is 0 Å². The van der Waals surface area contributed by atoms with Gasteiger partial charge >= 0.3 is 11.2 Å². The van der Waals surface area contributed by atoms with E-state index in [0.29, 0.717) is 0 Å². The zero-order valence-corrected chi connectivity index (χ0v) is 12.6. The summed E-state index contributed by atoms with van der Waals surface area (Å²) in [6.07, 6.45) is 0. The number of esters is 1. The lowest BCUT2D eigenvalue weighted by molar-refractivity contribution is -0.137. The highest BCUT2D eigenvalue weighted by Gasteiger charge is 2.50. The third kappa shape index (κ3) is 1.98. The molecule has 0 radical (unpaired) electrons. The van der Waals surface area contributed by atoms with Crippen LogP contribution in [0.25, 0.3) is 0 Å². The van der Waals surface area contributed by atoms with E-state index in [4.69, 9.17) is 67.5 Å². The monoisotopic (exact) mass is 348 g/mol. The average Bonchev–Trinajstić information content (AvgIpc) is 2.55. The zero-order valence-electron chi connectivity index (χ0n) is 8.82. The van der Waals surface area contributed by atoms with Crippen LogP contribution >= 0.6 is 58.0 Å². The highest BCUT2D eigenvalue weighted by atomic mass is 35.5. The van der Waals surface area contributed by atoms with Crippen molar-refractivity contribution in [2.75, 3.05) is 6.61 Å². The summed E-state index contributed by atoms with van der Waals surface area (Å²) in [5.74, 6) is -0.765. The topological polar surface area (TPSA) is 35.5 Å². The Morgan fingerprint density at radius 2 is 1.67 bits per heavy atom. The fraction of sp³-hybridized carbons (Fsp3) is 0.300. The first kappa shape index (κ1) is 14.5. The fourth-order valence-electron chi connectivity index (χ4n) is 1.61. The second kappa shape index (κ2) is 4.89. The molecule has 3 nitrogen and oxygen atoms in total. The lowest BCUT2D eigenvalue weighted by Gasteiger charge is -2.21. The first-order valence-electron chi connectivity index (χ1n) is 4.76. The Labute approximate surface area is 128 Å². The molecular weight excluding hydrogens is 345 g/mol. The molecule has 0 spiro atoms. The Morgan fingerprint density at radius 3 is 2.22 bits per heavy atom. The van der Waals surface area contributed by atoms with Crippen LogP contribution in [0, 0.1) is 0 Å². The molecule has 98 valence electrons. The predicted molar refractivity (Wildman–Crippen MR) is 71.1 cm³/mol. The first-order chi connectivity index (χ1) is 8.33. The number of ether oxygens (including phenoxy) is 2. The second-order valence-corrected chi connectivity index (χ2v) is 5.37. The summed E-state index contributed by atoms with van der Waals surface area (Å²) in [4.78, 5) is 11.8. The van der Waals surface area contributed by atoms with Crippen molar-refractivity contribution in [3.8, 4) is 0 Å². The molecule has 2 rings (SSSR count). The molecule has 0 saturated heterocycles. The quantitative estimate of drug-likeness (QED) is 0.331. The van der Waals surface area contributed by atoms with Gasteiger partial charge in [0.15, 0.2) is 0 Å². The van der Waals surface area contributed by atoms with Gasteiger partial charge in [-0.2, -0.15) is 0 Å². The molecule has 0 aliphatic carbocycles. The van der Waals surface area contributed by atoms with Crippen LogP contribution in [-0.4, -0.2) is 12.6 Å². The molecule has 18 heavy (non-hydrogen) atoms. The number of halogens is 5. The standard InChI is InChI=1S/C10H5Cl5O3/c1-2-17-10(15)4-3(9(16)18-10)5(11)7(13)8(14)6(4)12/h2H2,1H3. The molecule has 0 aromatic heterocycles. The molecule has 1 aliphatic rings. The maximum Gasteiger partial charge on any atom is 0.344 e. The number of carbonyl (C=O) groups excluding carboxylic acids is 1. The van der Waals surface area contributed by atoms with Crippen LogP contribution in [0.3, 0.4) is 0 Å². The van der Waals surface area contributed by atoms with Gasteiger partial charge in [0.05, 0.1) is 31.2 Å². The molecular formula is C10H5Cl5O3. The summed E-state index contributed by atoms with van der Waals surface area (Å²) in [5.41, 5.74) is 0.0524. The van der Waals surface area contributed by atoms with Crippen LogP contribution < -0.4 is 0 Å². The minimum Gasteiger partial charge on any atom is -0.410 e. The summed E-state index contributed by atoms with van der Waals surface area (Å²) in [5, 5.41) is -1.94. The molecule has 0 amide bonds. The van der Waals surface area contributed by atoms with Gasteiger partial charge in [0.25, 0.3) is 0 Å². The average molecular weight is 350 g/mol. The number of carbonyl (C=O) groups is 1. The maximum atomic E-state index is 11.8. The third-order valence-electron chi connectivity index (χ3n) is 2.32. The van der Waals surface area contributed by atoms with E-state index >= 15 is 0 Å². The number of hydrogen-bond acceptors (Lipinski definition) is 3. The number of rotatable bonds is 2. The smallest absolute Gasteiger partial charge is 0.344 e. The highest BCUT2D eigenvalue weighted by molar-refractivity contribution is 6.53. The Kier molecular flexibility index (Phi) is 3.94. The highest BCUT2D eigenvalue weighted by Crippen LogP contribution is 2.52. The van der Waals surface area contributed by atoms with Crippen molar-refractivity contribution >= 4 is 64.0 Å². The van der Waals surface area contributed by atoms with E-state index in [0.717, 1.165) is 0 Å². The minimum atomic E-state index is -1.82. The van der Waals surface area contributed by atoms with Gasteiger partial charge < -0.3 is 9.47 Å². The van der Waals surface area contributed by atoms with Gasteiger partial charge in [-0.3, -0.25) is 0 Å². The third-order valence-corrected chi connectivity index (χ3v) is 4.50. The van der Waals surface area contributed by atoms with Crippen LogP contribution in [-0.2, 0) is 14.7 Å². The van der Waals surface area contributed by atoms with Crippen molar-refractivity contribution in [2.24, 2.45) is 0 Å². The van der Waals surface area contributed by atoms with E-state index in [-0.39, 0.29) is 37.8 Å². The number of benzene rings is 1. The van der Waals surface area contributed by atoms with Crippen molar-refractivity contribution < 1.29 is 14.3 Å². The normalized spacial score (nSPS) is 22.0. The van der Waals surface area contributed by atoms with E-state index in [2.05, 4.69) is 0 Å². The van der Waals surface area contributed by atoms with Gasteiger partial charge in [0.1, 0.15) is 0 Å². The van der Waals surface area contributed by atoms with Crippen LogP contribution in [0.4, 0.5) is 0 Å². The van der Waals surface area contributed by atoms with Crippen molar-refractivity contribution in [3.63, 3.8) is 0 Å². The van der Waals surface area contributed by atoms with Gasteiger partial charge in [-0.25, -0.2) is 4.79 Å². The maximum absolute atomic E-state index is 11.8. The van der Waals surface area contributed by atoms with Gasteiger partial charge in [-0.15, -0.1) is 0 Å². The molecule has 0 fully saturated rings. The SMILES string of the molecule is CCOC1(Cl)OC(=O)c2c(Cl)c(Cl)c(Cl)c(Cl)c21. The Bertz CT molecular complexity index is 545. The van der Waals surface area contributed by atoms with Crippen LogP contribution in [0.5, 0.6) is 0 Å². The van der Waals surface area contributed by atoms with Crippen molar-refractivity contribution in [1.29, 1.82) is 0 Å². The molecule has 1 aliphatic heterocycles.